The number of nitrogens with one attached hydrogen (secondary N) is 1. The lowest BCUT2D eigenvalue weighted by Gasteiger charge is -2.04. The Morgan fingerprint density at radius 3 is 3.15 bits per heavy atom. The Labute approximate surface area is 76.7 Å². The Kier molecular flexibility index (Phi) is 1.93. The van der Waals surface area contributed by atoms with E-state index in [-0.39, 0.29) is 6.09 Å². The minimum atomic E-state index is -0.359. The van der Waals surface area contributed by atoms with Gasteiger partial charge in [0.15, 0.2) is 0 Å². The predicted molar refractivity (Wildman–Crippen MR) is 49.9 cm³/mol. The first kappa shape index (κ1) is 8.10. The van der Waals surface area contributed by atoms with Gasteiger partial charge in [-0.25, -0.2) is 4.79 Å². The second-order valence-corrected chi connectivity index (χ2v) is 3.17. The van der Waals surface area contributed by atoms with Crippen LogP contribution in [0.1, 0.15) is 11.1 Å². The van der Waals surface area contributed by atoms with Crippen molar-refractivity contribution < 1.29 is 9.53 Å². The Balaban J connectivity index is 2.40. The largest absolute Gasteiger partial charge is 0.449 e. The highest BCUT2D eigenvalue weighted by atomic mass is 16.5. The number of anilines is 1. The monoisotopic (exact) mass is 177 g/mol. The number of benzene rings is 1. The molecule has 13 heavy (non-hydrogen) atoms. The van der Waals surface area contributed by atoms with E-state index in [1.807, 2.05) is 19.1 Å². The molecule has 0 aromatic heterocycles. The predicted octanol–water partition coefficient (Wildman–Crippen LogP) is 2.10. The first-order valence-electron chi connectivity index (χ1n) is 4.29. The fourth-order valence-corrected chi connectivity index (χ4v) is 1.45. The molecule has 2 rings (SSSR count). The summed E-state index contributed by atoms with van der Waals surface area (Å²) in [5, 5.41) is 2.69. The number of aryl methyl sites for hydroxylation is 1. The van der Waals surface area contributed by atoms with Gasteiger partial charge in [0.2, 0.25) is 0 Å². The third-order valence-corrected chi connectivity index (χ3v) is 2.10. The number of rotatable bonds is 0. The van der Waals surface area contributed by atoms with Crippen LogP contribution in [0, 0.1) is 6.92 Å². The van der Waals surface area contributed by atoms with Gasteiger partial charge in [0.05, 0.1) is 6.61 Å². The maximum atomic E-state index is 11.0. The number of hydrogen-bond acceptors (Lipinski definition) is 2. The first-order valence-corrected chi connectivity index (χ1v) is 4.29. The zero-order valence-electron chi connectivity index (χ0n) is 7.46. The smallest absolute Gasteiger partial charge is 0.411 e. The molecule has 0 radical (unpaired) electrons. The molecule has 0 bridgehead atoms. The Bertz CT molecular complexity index is 347. The minimum Gasteiger partial charge on any atom is -0.449 e. The highest BCUT2D eigenvalue weighted by Gasteiger charge is 2.12. The average molecular weight is 177 g/mol. The van der Waals surface area contributed by atoms with Crippen molar-refractivity contribution in [1.82, 2.24) is 0 Å². The van der Waals surface area contributed by atoms with Crippen LogP contribution in [0.5, 0.6) is 0 Å². The van der Waals surface area contributed by atoms with Crippen molar-refractivity contribution in [2.24, 2.45) is 0 Å². The highest BCUT2D eigenvalue weighted by molar-refractivity contribution is 5.86. The third-order valence-electron chi connectivity index (χ3n) is 2.10. The quantitative estimate of drug-likeness (QED) is 0.659. The molecule has 0 atom stereocenters. The molecule has 1 aromatic carbocycles. The lowest BCUT2D eigenvalue weighted by molar-refractivity contribution is 0.165. The third kappa shape index (κ3) is 1.64. The van der Waals surface area contributed by atoms with E-state index in [0.717, 1.165) is 17.7 Å². The minimum absolute atomic E-state index is 0.359. The first-order chi connectivity index (χ1) is 6.25. The van der Waals surface area contributed by atoms with Gasteiger partial charge in [-0.05, 0) is 18.6 Å². The molecule has 0 saturated heterocycles. The van der Waals surface area contributed by atoms with E-state index >= 15 is 0 Å². The van der Waals surface area contributed by atoms with Gasteiger partial charge in [-0.3, -0.25) is 5.32 Å². The summed E-state index contributed by atoms with van der Waals surface area (Å²) >= 11 is 0. The van der Waals surface area contributed by atoms with Gasteiger partial charge in [0, 0.05) is 12.1 Å². The van der Waals surface area contributed by atoms with Crippen molar-refractivity contribution in [3.63, 3.8) is 0 Å². The van der Waals surface area contributed by atoms with Gasteiger partial charge in [-0.2, -0.15) is 0 Å². The van der Waals surface area contributed by atoms with Crippen molar-refractivity contribution in [2.45, 2.75) is 13.3 Å². The fraction of sp³-hybridized carbons (Fsp3) is 0.300. The second-order valence-electron chi connectivity index (χ2n) is 3.17. The molecule has 0 spiro atoms. The molecule has 3 nitrogen and oxygen atoms in total. The molecule has 3 heteroatoms. The van der Waals surface area contributed by atoms with Gasteiger partial charge in [0.25, 0.3) is 0 Å². The number of cyclic esters (lactones) is 1. The molecule has 0 saturated carbocycles. The van der Waals surface area contributed by atoms with Crippen LogP contribution in [0.2, 0.25) is 0 Å². The molecule has 0 aliphatic carbocycles. The van der Waals surface area contributed by atoms with E-state index in [1.165, 1.54) is 5.56 Å². The molecule has 1 aromatic rings. The number of fused-ring (bicyclic) bond motifs is 1. The van der Waals surface area contributed by atoms with E-state index in [4.69, 9.17) is 4.74 Å². The molecule has 0 fully saturated rings. The van der Waals surface area contributed by atoms with Crippen molar-refractivity contribution in [2.75, 3.05) is 11.9 Å². The number of carbonyl (C=O) groups excluding carboxylic acids is 1. The highest BCUT2D eigenvalue weighted by Crippen LogP contribution is 2.20. The van der Waals surface area contributed by atoms with Crippen LogP contribution >= 0.6 is 0 Å². The van der Waals surface area contributed by atoms with Crippen LogP contribution in [0.15, 0.2) is 18.2 Å². The van der Waals surface area contributed by atoms with Crippen LogP contribution in [-0.4, -0.2) is 12.7 Å². The summed E-state index contributed by atoms with van der Waals surface area (Å²) in [5.74, 6) is 0. The summed E-state index contributed by atoms with van der Waals surface area (Å²) in [4.78, 5) is 11.0. The van der Waals surface area contributed by atoms with Crippen molar-refractivity contribution >= 4 is 11.8 Å². The number of amides is 1. The SMILES string of the molecule is Cc1ccc2c(c1)CCOC(=O)N2. The van der Waals surface area contributed by atoms with Crippen LogP contribution < -0.4 is 5.32 Å². The summed E-state index contributed by atoms with van der Waals surface area (Å²) in [6.07, 6.45) is 0.429. The number of carbonyl (C=O) groups is 1. The molecule has 68 valence electrons. The van der Waals surface area contributed by atoms with E-state index in [0.29, 0.717) is 6.61 Å². The van der Waals surface area contributed by atoms with Gasteiger partial charge in [-0.15, -0.1) is 0 Å². The maximum Gasteiger partial charge on any atom is 0.411 e. The molecule has 1 aliphatic heterocycles. The fourth-order valence-electron chi connectivity index (χ4n) is 1.45. The van der Waals surface area contributed by atoms with Crippen molar-refractivity contribution in [3.05, 3.63) is 29.3 Å². The number of ether oxygens (including phenoxy) is 1. The van der Waals surface area contributed by atoms with Crippen LogP contribution in [0.25, 0.3) is 0 Å². The van der Waals surface area contributed by atoms with E-state index in [1.54, 1.807) is 0 Å². The molecule has 0 unspecified atom stereocenters. The zero-order valence-corrected chi connectivity index (χ0v) is 7.46. The Morgan fingerprint density at radius 1 is 1.46 bits per heavy atom. The van der Waals surface area contributed by atoms with Gasteiger partial charge in [-0.1, -0.05) is 17.7 Å². The van der Waals surface area contributed by atoms with E-state index in [2.05, 4.69) is 11.4 Å². The second kappa shape index (κ2) is 3.09. The maximum absolute atomic E-state index is 11.0. The normalized spacial score (nSPS) is 15.3. The summed E-state index contributed by atoms with van der Waals surface area (Å²) in [6.45, 7) is 2.50. The van der Waals surface area contributed by atoms with Crippen molar-refractivity contribution in [3.8, 4) is 0 Å². The summed E-state index contributed by atoms with van der Waals surface area (Å²) in [7, 11) is 0. The van der Waals surface area contributed by atoms with Crippen LogP contribution in [0.3, 0.4) is 0 Å². The number of hydrogen-bond donors (Lipinski definition) is 1. The van der Waals surface area contributed by atoms with E-state index < -0.39 is 0 Å². The molecular formula is C10H11NO2. The van der Waals surface area contributed by atoms with E-state index in [9.17, 15) is 4.79 Å². The lowest BCUT2D eigenvalue weighted by atomic mass is 10.1. The Hall–Kier alpha value is -1.51. The molecule has 1 N–H and O–H groups in total. The molecular weight excluding hydrogens is 166 g/mol. The van der Waals surface area contributed by atoms with Crippen LogP contribution in [-0.2, 0) is 11.2 Å². The van der Waals surface area contributed by atoms with Gasteiger partial charge >= 0.3 is 6.09 Å². The molecule has 1 aliphatic rings. The van der Waals surface area contributed by atoms with Gasteiger partial charge in [0.1, 0.15) is 0 Å². The lowest BCUT2D eigenvalue weighted by Crippen LogP contribution is -2.11. The van der Waals surface area contributed by atoms with Crippen LogP contribution in [0.4, 0.5) is 10.5 Å². The summed E-state index contributed by atoms with van der Waals surface area (Å²) in [6, 6.07) is 5.96. The molecule has 1 amide bonds. The molecule has 1 heterocycles. The topological polar surface area (TPSA) is 38.3 Å². The summed E-state index contributed by atoms with van der Waals surface area (Å²) in [5.41, 5.74) is 3.22. The van der Waals surface area contributed by atoms with Crippen molar-refractivity contribution in [1.29, 1.82) is 0 Å². The average Bonchev–Trinajstić information content (AvgIpc) is 2.25. The standard InChI is InChI=1S/C10H11NO2/c1-7-2-3-9-8(6-7)4-5-13-10(12)11-9/h2-3,6H,4-5H2,1H3,(H,11,12). The zero-order chi connectivity index (χ0) is 9.26. The summed E-state index contributed by atoms with van der Waals surface area (Å²) < 4.78 is 4.88. The Morgan fingerprint density at radius 2 is 2.31 bits per heavy atom. The van der Waals surface area contributed by atoms with Gasteiger partial charge < -0.3 is 4.74 Å².